The Morgan fingerprint density at radius 3 is 1.97 bits per heavy atom. The molecule has 0 bridgehead atoms. The highest BCUT2D eigenvalue weighted by molar-refractivity contribution is 7.86. The maximum Gasteiger partial charge on any atom is 0.363 e. The van der Waals surface area contributed by atoms with Gasteiger partial charge in [-0.1, -0.05) is 92.7 Å². The van der Waals surface area contributed by atoms with Crippen molar-refractivity contribution in [3.63, 3.8) is 0 Å². The van der Waals surface area contributed by atoms with Crippen molar-refractivity contribution in [1.29, 1.82) is 0 Å². The molecule has 70 heavy (non-hydrogen) atoms. The van der Waals surface area contributed by atoms with E-state index in [0.29, 0.717) is 31.0 Å². The van der Waals surface area contributed by atoms with Gasteiger partial charge >= 0.3 is 5.97 Å². The molecule has 15 heteroatoms. The first-order valence-corrected chi connectivity index (χ1v) is 26.8. The summed E-state index contributed by atoms with van der Waals surface area (Å²) in [5.41, 5.74) is 9.02. The molecule has 0 spiro atoms. The minimum absolute atomic E-state index is 0.0235. The number of fused-ring (bicyclic) bond motifs is 6. The van der Waals surface area contributed by atoms with Gasteiger partial charge in [0.25, 0.3) is 32.1 Å². The molecule has 0 radical (unpaired) electrons. The molecule has 0 unspecified atom stereocenters. The summed E-state index contributed by atoms with van der Waals surface area (Å²) >= 11 is 0. The van der Waals surface area contributed by atoms with E-state index in [-0.39, 0.29) is 42.8 Å². The minimum atomic E-state index is -4.20. The number of hydrogen-bond acceptors (Lipinski definition) is 9. The molecular formula is C55H56N3O10S2+. The molecule has 362 valence electrons. The van der Waals surface area contributed by atoms with Crippen LogP contribution in [0.1, 0.15) is 99.7 Å². The normalized spacial score (nSPS) is 19.2. The van der Waals surface area contributed by atoms with E-state index in [0.717, 1.165) is 84.2 Å². The predicted octanol–water partition coefficient (Wildman–Crippen LogP) is 9.95. The largest absolute Gasteiger partial charge is 0.363 e. The summed E-state index contributed by atoms with van der Waals surface area (Å²) in [6.45, 7) is 9.37. The summed E-state index contributed by atoms with van der Waals surface area (Å²) in [7, 11) is -8.39. The highest BCUT2D eigenvalue weighted by atomic mass is 32.2. The van der Waals surface area contributed by atoms with Crippen LogP contribution in [-0.4, -0.2) is 83.7 Å². The van der Waals surface area contributed by atoms with E-state index in [1.807, 2.05) is 36.4 Å². The Morgan fingerprint density at radius 2 is 1.31 bits per heavy atom. The number of amides is 2. The summed E-state index contributed by atoms with van der Waals surface area (Å²) < 4.78 is 69.3. The molecule has 3 heterocycles. The van der Waals surface area contributed by atoms with Crippen LogP contribution < -0.4 is 4.90 Å². The van der Waals surface area contributed by atoms with Gasteiger partial charge in [-0.2, -0.15) is 21.4 Å². The molecule has 9 rings (SSSR count). The molecule has 4 aliphatic rings. The number of nitrogens with zero attached hydrogens (tertiary/aromatic N) is 3. The Labute approximate surface area is 408 Å². The first-order valence-electron chi connectivity index (χ1n) is 23.6. The fourth-order valence-corrected chi connectivity index (χ4v) is 11.9. The predicted molar refractivity (Wildman–Crippen MR) is 272 cm³/mol. The average Bonchev–Trinajstić information content (AvgIpc) is 3.83. The molecule has 1 aliphatic carbocycles. The van der Waals surface area contributed by atoms with Crippen LogP contribution in [0.5, 0.6) is 0 Å². The van der Waals surface area contributed by atoms with Crippen molar-refractivity contribution in [1.82, 2.24) is 5.06 Å². The summed E-state index contributed by atoms with van der Waals surface area (Å²) in [6.07, 6.45) is 11.1. The molecule has 5 aromatic rings. The fourth-order valence-electron chi connectivity index (χ4n) is 10.9. The van der Waals surface area contributed by atoms with Gasteiger partial charge in [-0.05, 0) is 119 Å². The van der Waals surface area contributed by atoms with Crippen LogP contribution in [0.3, 0.4) is 0 Å². The topological polar surface area (TPSA) is 179 Å². The number of hydrogen-bond donors (Lipinski definition) is 2. The Morgan fingerprint density at radius 1 is 0.700 bits per heavy atom. The number of carbonyl (C=O) groups is 3. The van der Waals surface area contributed by atoms with Gasteiger partial charge in [-0.15, -0.1) is 5.06 Å². The third kappa shape index (κ3) is 9.42. The van der Waals surface area contributed by atoms with Gasteiger partial charge in [0.15, 0.2) is 5.71 Å². The zero-order valence-electron chi connectivity index (χ0n) is 39.6. The van der Waals surface area contributed by atoms with Gasteiger partial charge in [-0.3, -0.25) is 18.7 Å². The monoisotopic (exact) mass is 982 g/mol. The second-order valence-electron chi connectivity index (χ2n) is 19.4. The van der Waals surface area contributed by atoms with Crippen molar-refractivity contribution in [3.8, 4) is 0 Å². The molecule has 1 fully saturated rings. The van der Waals surface area contributed by atoms with Crippen LogP contribution in [0.25, 0.3) is 27.1 Å². The van der Waals surface area contributed by atoms with Crippen molar-refractivity contribution in [3.05, 3.63) is 160 Å². The smallest absolute Gasteiger partial charge is 0.344 e. The van der Waals surface area contributed by atoms with Crippen LogP contribution in [0.15, 0.2) is 138 Å². The van der Waals surface area contributed by atoms with Crippen molar-refractivity contribution < 1.29 is 49.7 Å². The summed E-state index contributed by atoms with van der Waals surface area (Å²) in [5.74, 6) is -2.74. The lowest BCUT2D eigenvalue weighted by molar-refractivity contribution is -0.437. The Hall–Kier alpha value is -6.52. The van der Waals surface area contributed by atoms with Gasteiger partial charge in [0, 0.05) is 60.3 Å². The Kier molecular flexibility index (Phi) is 12.9. The van der Waals surface area contributed by atoms with Gasteiger partial charge in [0.05, 0.1) is 22.5 Å². The van der Waals surface area contributed by atoms with Crippen LogP contribution in [0, 0.1) is 0 Å². The van der Waals surface area contributed by atoms with E-state index in [1.54, 1.807) is 12.1 Å². The number of imide groups is 1. The standard InChI is InChI=1S/C55H55N3O10S2/c1-54(2)46(56(32-10-34-69(62,63)64)44-26-22-36-12-5-7-16-42(36)51(44)54)28-24-38-14-9-15-39(50(38)40-18-20-41(21-19-40)53(61)68-58-48(59)30-31-49(58)60)25-29-47-55(3,4)52-43-17-8-6-13-37(43)23-27-45(52)57(47)33-11-35-70(65,66)67/h5-8,12-13,16-29H,9-11,14-15,30-35H2,1-4H3,(H-,62,63,64,65,66,67)/p+1. The molecule has 0 aromatic heterocycles. The fraction of sp³-hybridized carbons (Fsp3) is 0.309. The number of allylic oxidation sites excluding steroid dienone is 8. The Balaban J connectivity index is 1.17. The van der Waals surface area contributed by atoms with E-state index >= 15 is 0 Å². The maximum absolute atomic E-state index is 13.3. The quantitative estimate of drug-likeness (QED) is 0.0615. The summed E-state index contributed by atoms with van der Waals surface area (Å²) in [6, 6.07) is 31.6. The highest BCUT2D eigenvalue weighted by Crippen LogP contribution is 2.51. The number of anilines is 1. The zero-order chi connectivity index (χ0) is 49.8. The van der Waals surface area contributed by atoms with Crippen molar-refractivity contribution in [2.45, 2.75) is 83.5 Å². The summed E-state index contributed by atoms with van der Waals surface area (Å²) in [4.78, 5) is 45.2. The molecule has 1 saturated heterocycles. The van der Waals surface area contributed by atoms with E-state index in [1.165, 1.54) is 0 Å². The van der Waals surface area contributed by atoms with Gasteiger partial charge in [0.1, 0.15) is 6.54 Å². The molecule has 2 amide bonds. The number of rotatable bonds is 14. The molecule has 3 aliphatic heterocycles. The van der Waals surface area contributed by atoms with Gasteiger partial charge < -0.3 is 9.74 Å². The van der Waals surface area contributed by atoms with Crippen LogP contribution in [-0.2, 0) is 45.5 Å². The third-order valence-electron chi connectivity index (χ3n) is 14.1. The van der Waals surface area contributed by atoms with E-state index in [9.17, 15) is 40.3 Å². The first-order chi connectivity index (χ1) is 33.2. The van der Waals surface area contributed by atoms with E-state index in [2.05, 4.69) is 110 Å². The first kappa shape index (κ1) is 48.5. The number of carbonyl (C=O) groups excluding carboxylic acids is 3. The molecular weight excluding hydrogens is 927 g/mol. The van der Waals surface area contributed by atoms with E-state index in [4.69, 9.17) is 4.84 Å². The van der Waals surface area contributed by atoms with Crippen LogP contribution in [0.2, 0.25) is 0 Å². The second-order valence-corrected chi connectivity index (χ2v) is 22.6. The molecule has 5 aromatic carbocycles. The highest BCUT2D eigenvalue weighted by Gasteiger charge is 2.46. The Bertz CT molecular complexity index is 3380. The summed E-state index contributed by atoms with van der Waals surface area (Å²) in [5, 5.41) is 4.90. The molecule has 2 N–H and O–H groups in total. The maximum atomic E-state index is 13.3. The van der Waals surface area contributed by atoms with Crippen molar-refractivity contribution >= 4 is 82.2 Å². The molecule has 0 saturated carbocycles. The molecule has 0 atom stereocenters. The molecule has 13 nitrogen and oxygen atoms in total. The van der Waals surface area contributed by atoms with Gasteiger partial charge in [-0.25, -0.2) is 4.79 Å². The number of benzene rings is 5. The van der Waals surface area contributed by atoms with Gasteiger partial charge in [0.2, 0.25) is 5.69 Å². The average molecular weight is 983 g/mol. The van der Waals surface area contributed by atoms with E-state index < -0.39 is 48.8 Å². The lowest BCUT2D eigenvalue weighted by atomic mass is 9.78. The lowest BCUT2D eigenvalue weighted by Crippen LogP contribution is -2.32. The lowest BCUT2D eigenvalue weighted by Gasteiger charge is -2.28. The second kappa shape index (κ2) is 18.7. The minimum Gasteiger partial charge on any atom is -0.344 e. The SMILES string of the molecule is CC1(C)C(/C=C/C2=C(c3ccc(C(=O)ON4C(=O)CCC4=O)cc3)C(=C/C=C3/N(CCCS(=O)(=O)O)c4ccc5ccccc5c4C3(C)C)/CCC2)=[N+](CCCS(=O)(=O)O)c2ccc3ccccc3c21. The zero-order valence-corrected chi connectivity index (χ0v) is 41.3. The van der Waals surface area contributed by atoms with Crippen molar-refractivity contribution in [2.75, 3.05) is 29.5 Å². The van der Waals surface area contributed by atoms with Crippen molar-refractivity contribution in [2.24, 2.45) is 0 Å². The van der Waals surface area contributed by atoms with Crippen LogP contribution >= 0.6 is 0 Å². The number of hydroxylamine groups is 2. The third-order valence-corrected chi connectivity index (χ3v) is 15.7. The van der Waals surface area contributed by atoms with Crippen LogP contribution in [0.4, 0.5) is 11.4 Å².